The first-order valence-electron chi connectivity index (χ1n) is 9.66. The quantitative estimate of drug-likeness (QED) is 0.794. The summed E-state index contributed by atoms with van der Waals surface area (Å²) in [4.78, 5) is 32.9. The number of hydrogen-bond donors (Lipinski definition) is 0. The lowest BCUT2D eigenvalue weighted by Crippen LogP contribution is -2.47. The van der Waals surface area contributed by atoms with Gasteiger partial charge in [0.25, 0.3) is 5.91 Å². The molecule has 0 aliphatic carbocycles. The van der Waals surface area contributed by atoms with E-state index in [4.69, 9.17) is 9.57 Å². The summed E-state index contributed by atoms with van der Waals surface area (Å²) in [6, 6.07) is 13.9. The highest BCUT2D eigenvalue weighted by Gasteiger charge is 2.47. The fourth-order valence-corrected chi connectivity index (χ4v) is 3.92. The van der Waals surface area contributed by atoms with E-state index < -0.39 is 11.4 Å². The molecular weight excluding hydrogens is 375 g/mol. The largest absolute Gasteiger partial charge is 0.494 e. The molecule has 0 radical (unpaired) electrons. The van der Waals surface area contributed by atoms with Crippen LogP contribution in [0, 0.1) is 5.82 Å². The molecule has 0 saturated carbocycles. The second-order valence-corrected chi connectivity index (χ2v) is 7.51. The van der Waals surface area contributed by atoms with Crippen molar-refractivity contribution in [1.82, 2.24) is 9.96 Å². The minimum atomic E-state index is -0.562. The van der Waals surface area contributed by atoms with Crippen molar-refractivity contribution in [3.8, 4) is 5.75 Å². The molecule has 2 aliphatic heterocycles. The molecule has 152 valence electrons. The Balaban J connectivity index is 1.38. The van der Waals surface area contributed by atoms with Crippen molar-refractivity contribution in [2.45, 2.75) is 31.4 Å². The number of carbonyl (C=O) groups excluding carboxylic acids is 2. The molecule has 0 atom stereocenters. The van der Waals surface area contributed by atoms with Crippen LogP contribution < -0.4 is 4.74 Å². The molecule has 4 rings (SSSR count). The molecule has 6 nitrogen and oxygen atoms in total. The number of benzene rings is 2. The number of methoxy groups -OCH3 is 1. The van der Waals surface area contributed by atoms with Gasteiger partial charge in [0.1, 0.15) is 5.60 Å². The topological polar surface area (TPSA) is 59.1 Å². The summed E-state index contributed by atoms with van der Waals surface area (Å²) >= 11 is 0. The molecule has 2 saturated heterocycles. The van der Waals surface area contributed by atoms with Crippen LogP contribution >= 0.6 is 0 Å². The zero-order valence-corrected chi connectivity index (χ0v) is 16.3. The predicted octanol–water partition coefficient (Wildman–Crippen LogP) is 3.17. The summed E-state index contributed by atoms with van der Waals surface area (Å²) in [6.45, 7) is 1.33. The number of amides is 2. The molecule has 0 bridgehead atoms. The summed E-state index contributed by atoms with van der Waals surface area (Å²) in [5, 5.41) is 1.44. The highest BCUT2D eigenvalue weighted by molar-refractivity contribution is 5.94. The molecule has 29 heavy (non-hydrogen) atoms. The van der Waals surface area contributed by atoms with Gasteiger partial charge >= 0.3 is 0 Å². The Morgan fingerprint density at radius 2 is 1.90 bits per heavy atom. The first-order valence-corrected chi connectivity index (χ1v) is 9.66. The number of hydrogen-bond acceptors (Lipinski definition) is 4. The van der Waals surface area contributed by atoms with Crippen molar-refractivity contribution in [2.75, 3.05) is 20.2 Å². The molecule has 2 aliphatic rings. The highest BCUT2D eigenvalue weighted by Crippen LogP contribution is 2.37. The first kappa shape index (κ1) is 19.4. The fraction of sp³-hybridized carbons (Fsp3) is 0.364. The number of carbonyl (C=O) groups is 2. The molecule has 0 unspecified atom stereocenters. The van der Waals surface area contributed by atoms with E-state index in [9.17, 15) is 14.0 Å². The van der Waals surface area contributed by atoms with Crippen molar-refractivity contribution in [2.24, 2.45) is 0 Å². The minimum Gasteiger partial charge on any atom is -0.494 e. The van der Waals surface area contributed by atoms with Crippen LogP contribution in [0.3, 0.4) is 0 Å². The van der Waals surface area contributed by atoms with Gasteiger partial charge in [-0.3, -0.25) is 14.4 Å². The van der Waals surface area contributed by atoms with E-state index in [-0.39, 0.29) is 23.1 Å². The summed E-state index contributed by atoms with van der Waals surface area (Å²) < 4.78 is 18.8. The van der Waals surface area contributed by atoms with Crippen molar-refractivity contribution in [3.63, 3.8) is 0 Å². The molecule has 2 heterocycles. The Morgan fingerprint density at radius 1 is 1.17 bits per heavy atom. The molecule has 0 aromatic heterocycles. The number of hydroxylamine groups is 2. The van der Waals surface area contributed by atoms with E-state index in [1.165, 1.54) is 24.3 Å². The number of halogens is 1. The van der Waals surface area contributed by atoms with E-state index in [0.29, 0.717) is 38.9 Å². The second-order valence-electron chi connectivity index (χ2n) is 7.51. The second kappa shape index (κ2) is 7.83. The number of piperidine rings is 1. The van der Waals surface area contributed by atoms with Gasteiger partial charge in [-0.15, -0.1) is 0 Å². The minimum absolute atomic E-state index is 0.0362. The first-order chi connectivity index (χ1) is 14.0. The van der Waals surface area contributed by atoms with Crippen LogP contribution in [0.25, 0.3) is 0 Å². The molecule has 1 spiro atoms. The van der Waals surface area contributed by atoms with Gasteiger partial charge in [-0.2, -0.15) is 0 Å². The van der Waals surface area contributed by atoms with E-state index in [1.54, 1.807) is 11.0 Å². The van der Waals surface area contributed by atoms with Crippen LogP contribution in [-0.2, 0) is 16.2 Å². The lowest BCUT2D eigenvalue weighted by Gasteiger charge is -2.37. The van der Waals surface area contributed by atoms with Crippen LogP contribution in [0.1, 0.15) is 35.2 Å². The zero-order chi connectivity index (χ0) is 20.4. The SMILES string of the molecule is COc1ccc(C(=O)N2CCC3(CC2)CC(=O)N(Cc2ccccc2)O3)cc1F. The molecular formula is C22H23FN2O4. The van der Waals surface area contributed by atoms with Crippen molar-refractivity contribution in [1.29, 1.82) is 0 Å². The van der Waals surface area contributed by atoms with Crippen molar-refractivity contribution in [3.05, 3.63) is 65.5 Å². The standard InChI is InChI=1S/C22H23FN2O4/c1-28-19-8-7-17(13-18(19)23)21(27)24-11-9-22(10-12-24)14-20(26)25(29-22)15-16-5-3-2-4-6-16/h2-8,13H,9-12,14-15H2,1H3. The van der Waals surface area contributed by atoms with Crippen LogP contribution in [-0.4, -0.2) is 47.6 Å². The monoisotopic (exact) mass is 398 g/mol. The lowest BCUT2D eigenvalue weighted by molar-refractivity contribution is -0.213. The Hall–Kier alpha value is -2.93. The molecule has 7 heteroatoms. The van der Waals surface area contributed by atoms with E-state index in [2.05, 4.69) is 0 Å². The predicted molar refractivity (Wildman–Crippen MR) is 104 cm³/mol. The number of nitrogens with zero attached hydrogens (tertiary/aromatic N) is 2. The van der Waals surface area contributed by atoms with Crippen LogP contribution in [0.2, 0.25) is 0 Å². The van der Waals surface area contributed by atoms with Gasteiger partial charge in [0.15, 0.2) is 11.6 Å². The summed E-state index contributed by atoms with van der Waals surface area (Å²) in [5.74, 6) is -0.721. The highest BCUT2D eigenvalue weighted by atomic mass is 19.1. The van der Waals surface area contributed by atoms with Gasteiger partial charge in [0, 0.05) is 18.7 Å². The molecule has 0 N–H and O–H groups in total. The third kappa shape index (κ3) is 3.96. The van der Waals surface area contributed by atoms with Gasteiger partial charge in [0.2, 0.25) is 5.91 Å². The lowest BCUT2D eigenvalue weighted by atomic mass is 9.88. The van der Waals surface area contributed by atoms with Gasteiger partial charge < -0.3 is 9.64 Å². The average Bonchev–Trinajstić information content (AvgIpc) is 3.03. The van der Waals surface area contributed by atoms with Crippen LogP contribution in [0.5, 0.6) is 5.75 Å². The fourth-order valence-electron chi connectivity index (χ4n) is 3.92. The number of rotatable bonds is 4. The van der Waals surface area contributed by atoms with Crippen molar-refractivity contribution < 1.29 is 23.6 Å². The van der Waals surface area contributed by atoms with E-state index in [1.807, 2.05) is 30.3 Å². The van der Waals surface area contributed by atoms with E-state index >= 15 is 0 Å². The van der Waals surface area contributed by atoms with E-state index in [0.717, 1.165) is 5.56 Å². The van der Waals surface area contributed by atoms with Crippen LogP contribution in [0.4, 0.5) is 4.39 Å². The summed E-state index contributed by atoms with van der Waals surface area (Å²) in [7, 11) is 1.38. The van der Waals surface area contributed by atoms with Gasteiger partial charge in [-0.25, -0.2) is 9.45 Å². The maximum absolute atomic E-state index is 13.9. The Kier molecular flexibility index (Phi) is 5.24. The third-order valence-corrected chi connectivity index (χ3v) is 5.59. The van der Waals surface area contributed by atoms with Gasteiger partial charge in [-0.05, 0) is 36.6 Å². The maximum atomic E-state index is 13.9. The number of ether oxygens (including phenoxy) is 1. The number of likely N-dealkylation sites (tertiary alicyclic amines) is 1. The average molecular weight is 398 g/mol. The van der Waals surface area contributed by atoms with Gasteiger partial charge in [0.05, 0.1) is 20.1 Å². The summed E-state index contributed by atoms with van der Waals surface area (Å²) in [6.07, 6.45) is 1.45. The Labute approximate surface area is 168 Å². The molecule has 2 aromatic rings. The molecule has 2 amide bonds. The molecule has 2 fully saturated rings. The Morgan fingerprint density at radius 3 is 2.55 bits per heavy atom. The van der Waals surface area contributed by atoms with Crippen molar-refractivity contribution >= 4 is 11.8 Å². The van der Waals surface area contributed by atoms with Crippen LogP contribution in [0.15, 0.2) is 48.5 Å². The van der Waals surface area contributed by atoms with Gasteiger partial charge in [-0.1, -0.05) is 30.3 Å². The Bertz CT molecular complexity index is 910. The zero-order valence-electron chi connectivity index (χ0n) is 16.3. The summed E-state index contributed by atoms with van der Waals surface area (Å²) in [5.41, 5.74) is 0.730. The normalized spacial score (nSPS) is 18.3. The maximum Gasteiger partial charge on any atom is 0.253 e. The third-order valence-electron chi connectivity index (χ3n) is 5.59. The molecule has 2 aromatic carbocycles. The smallest absolute Gasteiger partial charge is 0.253 e.